The zero-order valence-electron chi connectivity index (χ0n) is 18.3. The molecule has 0 aliphatic carbocycles. The molecule has 10 heteroatoms. The smallest absolute Gasteiger partial charge is 0.276 e. The number of nitrogen functional groups attached to an aromatic ring is 1. The average molecular weight is 463 g/mol. The zero-order valence-corrected chi connectivity index (χ0v) is 18.3. The summed E-state index contributed by atoms with van der Waals surface area (Å²) in [6.45, 7) is 1.29. The third-order valence-electron chi connectivity index (χ3n) is 5.94. The van der Waals surface area contributed by atoms with Crippen LogP contribution in [0.2, 0.25) is 0 Å². The molecule has 1 aliphatic rings. The number of halogens is 2. The molecule has 8 nitrogen and oxygen atoms in total. The number of carbonyl (C=O) groups is 1. The van der Waals surface area contributed by atoms with Gasteiger partial charge >= 0.3 is 0 Å². The van der Waals surface area contributed by atoms with Crippen molar-refractivity contribution < 1.29 is 13.6 Å². The lowest BCUT2D eigenvalue weighted by Gasteiger charge is -2.31. The molecule has 1 saturated heterocycles. The number of aromatic nitrogens is 4. The van der Waals surface area contributed by atoms with E-state index in [1.807, 2.05) is 29.2 Å². The van der Waals surface area contributed by atoms with Crippen LogP contribution in [0.25, 0.3) is 22.0 Å². The predicted octanol–water partition coefficient (Wildman–Crippen LogP) is 4.09. The maximum Gasteiger partial charge on any atom is 0.276 e. The van der Waals surface area contributed by atoms with Crippen molar-refractivity contribution in [2.45, 2.75) is 25.3 Å². The number of nitrogens with one attached hydrogen (secondary N) is 2. The van der Waals surface area contributed by atoms with E-state index in [9.17, 15) is 13.6 Å². The van der Waals surface area contributed by atoms with Gasteiger partial charge in [-0.1, -0.05) is 6.07 Å². The van der Waals surface area contributed by atoms with Gasteiger partial charge in [-0.2, -0.15) is 5.10 Å². The van der Waals surface area contributed by atoms with Gasteiger partial charge in [-0.3, -0.25) is 19.8 Å². The minimum absolute atomic E-state index is 0.117. The van der Waals surface area contributed by atoms with Gasteiger partial charge < -0.3 is 11.1 Å². The Hall–Kier alpha value is -3.92. The molecule has 1 amide bonds. The second-order valence-electron chi connectivity index (χ2n) is 8.47. The Balaban J connectivity index is 1.36. The van der Waals surface area contributed by atoms with Crippen LogP contribution >= 0.6 is 0 Å². The summed E-state index contributed by atoms with van der Waals surface area (Å²) in [5.41, 5.74) is 9.78. The number of amides is 1. The van der Waals surface area contributed by atoms with Gasteiger partial charge in [0.25, 0.3) is 11.8 Å². The summed E-state index contributed by atoms with van der Waals surface area (Å²) in [5.74, 6) is -2.57. The Morgan fingerprint density at radius 1 is 1.09 bits per heavy atom. The summed E-state index contributed by atoms with van der Waals surface area (Å²) in [7, 11) is 0. The van der Waals surface area contributed by atoms with E-state index in [0.29, 0.717) is 36.5 Å². The first-order valence-corrected chi connectivity index (χ1v) is 10.9. The summed E-state index contributed by atoms with van der Waals surface area (Å²) < 4.78 is 26.9. The van der Waals surface area contributed by atoms with Crippen molar-refractivity contribution in [2.24, 2.45) is 0 Å². The monoisotopic (exact) mass is 463 g/mol. The molecule has 4 heterocycles. The fourth-order valence-electron chi connectivity index (χ4n) is 4.06. The molecule has 174 valence electrons. The number of fused-ring (bicyclic) bond motifs is 1. The van der Waals surface area contributed by atoms with Crippen LogP contribution in [-0.2, 0) is 6.54 Å². The van der Waals surface area contributed by atoms with Crippen LogP contribution in [0.4, 0.5) is 20.3 Å². The lowest BCUT2D eigenvalue weighted by Crippen LogP contribution is -2.38. The largest absolute Gasteiger partial charge is 0.384 e. The lowest BCUT2D eigenvalue weighted by molar-refractivity contribution is -0.0566. The number of nitrogens with zero attached hydrogens (tertiary/aromatic N) is 4. The summed E-state index contributed by atoms with van der Waals surface area (Å²) in [5, 5.41) is 10.5. The Morgan fingerprint density at radius 3 is 2.68 bits per heavy atom. The van der Waals surface area contributed by atoms with E-state index in [-0.39, 0.29) is 24.4 Å². The summed E-state index contributed by atoms with van der Waals surface area (Å²) >= 11 is 0. The molecule has 1 fully saturated rings. The molecule has 1 aliphatic heterocycles. The minimum Gasteiger partial charge on any atom is -0.384 e. The van der Waals surface area contributed by atoms with Crippen molar-refractivity contribution in [3.8, 4) is 11.1 Å². The van der Waals surface area contributed by atoms with E-state index in [1.165, 1.54) is 6.20 Å². The molecular weight excluding hydrogens is 440 g/mol. The topological polar surface area (TPSA) is 113 Å². The third kappa shape index (κ3) is 4.72. The number of rotatable bonds is 5. The van der Waals surface area contributed by atoms with Gasteiger partial charge in [0.05, 0.1) is 17.4 Å². The number of nitrogens with two attached hydrogens (primary N) is 1. The van der Waals surface area contributed by atoms with Crippen molar-refractivity contribution in [1.82, 2.24) is 25.1 Å². The summed E-state index contributed by atoms with van der Waals surface area (Å²) in [6, 6.07) is 10.9. The highest BCUT2D eigenvalue weighted by atomic mass is 19.3. The Kier molecular flexibility index (Phi) is 5.66. The van der Waals surface area contributed by atoms with Crippen LogP contribution in [0.1, 0.15) is 28.9 Å². The Labute approximate surface area is 194 Å². The number of aromatic amines is 1. The first-order valence-electron chi connectivity index (χ1n) is 10.9. The molecule has 5 rings (SSSR count). The molecule has 4 aromatic rings. The van der Waals surface area contributed by atoms with Crippen molar-refractivity contribution in [3.63, 3.8) is 0 Å². The van der Waals surface area contributed by atoms with Gasteiger partial charge in [0.1, 0.15) is 5.82 Å². The molecule has 34 heavy (non-hydrogen) atoms. The van der Waals surface area contributed by atoms with Crippen LogP contribution in [0.15, 0.2) is 55.0 Å². The molecule has 0 atom stereocenters. The molecule has 3 aromatic heterocycles. The van der Waals surface area contributed by atoms with Gasteiger partial charge in [-0.25, -0.2) is 13.8 Å². The van der Waals surface area contributed by atoms with Crippen LogP contribution in [-0.4, -0.2) is 50.0 Å². The second-order valence-corrected chi connectivity index (χ2v) is 8.47. The van der Waals surface area contributed by atoms with Gasteiger partial charge in [0, 0.05) is 55.8 Å². The van der Waals surface area contributed by atoms with Crippen molar-refractivity contribution in [2.75, 3.05) is 24.1 Å². The van der Waals surface area contributed by atoms with Crippen LogP contribution in [0.5, 0.6) is 0 Å². The summed E-state index contributed by atoms with van der Waals surface area (Å²) in [6.07, 6.45) is 4.75. The molecular formula is C24H23F2N7O. The SMILES string of the molecule is Nc1ccc(NC(=O)c2n[nH]c3ccc(-c4cncc(CN5CCC(F)(F)CC5)c4)cc23)cn1. The fourth-order valence-corrected chi connectivity index (χ4v) is 4.06. The molecule has 1 aromatic carbocycles. The summed E-state index contributed by atoms with van der Waals surface area (Å²) in [4.78, 5) is 23.2. The van der Waals surface area contributed by atoms with E-state index in [2.05, 4.69) is 25.5 Å². The molecule has 4 N–H and O–H groups in total. The van der Waals surface area contributed by atoms with E-state index >= 15 is 0 Å². The standard InChI is InChI=1S/C24H23F2N7O/c25-24(26)5-7-33(8-6-24)14-15-9-17(12-28-11-15)16-1-3-20-19(10-16)22(32-31-20)23(34)30-18-2-4-21(27)29-13-18/h1-4,9-13H,5-8,14H2,(H2,27,29)(H,30,34)(H,31,32). The van der Waals surface area contributed by atoms with Gasteiger partial charge in [-0.05, 0) is 41.5 Å². The number of carbonyl (C=O) groups excluding carboxylic acids is 1. The minimum atomic E-state index is -2.56. The maximum atomic E-state index is 13.4. The number of piperidine rings is 1. The van der Waals surface area contributed by atoms with Crippen LogP contribution in [0.3, 0.4) is 0 Å². The maximum absolute atomic E-state index is 13.4. The average Bonchev–Trinajstić information content (AvgIpc) is 3.26. The quantitative estimate of drug-likeness (QED) is 0.411. The Morgan fingerprint density at radius 2 is 1.91 bits per heavy atom. The molecule has 0 unspecified atom stereocenters. The normalized spacial score (nSPS) is 15.9. The fraction of sp³-hybridized carbons (Fsp3) is 0.250. The number of hydrogen-bond acceptors (Lipinski definition) is 6. The van der Waals surface area contributed by atoms with E-state index in [4.69, 9.17) is 5.73 Å². The second kappa shape index (κ2) is 8.79. The highest BCUT2D eigenvalue weighted by Gasteiger charge is 2.33. The van der Waals surface area contributed by atoms with Crippen molar-refractivity contribution in [1.29, 1.82) is 0 Å². The van der Waals surface area contributed by atoms with Gasteiger partial charge in [-0.15, -0.1) is 0 Å². The van der Waals surface area contributed by atoms with Crippen LogP contribution < -0.4 is 11.1 Å². The van der Waals surface area contributed by atoms with Crippen molar-refractivity contribution >= 4 is 28.3 Å². The number of likely N-dealkylation sites (tertiary alicyclic amines) is 1. The van der Waals surface area contributed by atoms with Gasteiger partial charge in [0.2, 0.25) is 0 Å². The number of hydrogen-bond donors (Lipinski definition) is 3. The molecule has 0 radical (unpaired) electrons. The number of anilines is 2. The first-order chi connectivity index (χ1) is 16.4. The first kappa shape index (κ1) is 21.9. The molecule has 0 spiro atoms. The highest BCUT2D eigenvalue weighted by molar-refractivity contribution is 6.11. The third-order valence-corrected chi connectivity index (χ3v) is 5.94. The lowest BCUT2D eigenvalue weighted by atomic mass is 10.0. The van der Waals surface area contributed by atoms with Crippen LogP contribution in [0, 0.1) is 0 Å². The predicted molar refractivity (Wildman–Crippen MR) is 125 cm³/mol. The van der Waals surface area contributed by atoms with Gasteiger partial charge in [0.15, 0.2) is 5.69 Å². The highest BCUT2D eigenvalue weighted by Crippen LogP contribution is 2.29. The zero-order chi connectivity index (χ0) is 23.7. The number of pyridine rings is 2. The molecule has 0 saturated carbocycles. The van der Waals surface area contributed by atoms with Crippen molar-refractivity contribution in [3.05, 3.63) is 66.2 Å². The molecule has 0 bridgehead atoms. The van der Waals surface area contributed by atoms with E-state index in [0.717, 1.165) is 22.2 Å². The number of alkyl halides is 2. The van der Waals surface area contributed by atoms with E-state index < -0.39 is 5.92 Å². The number of H-pyrrole nitrogens is 1. The Bertz CT molecular complexity index is 1330. The number of benzene rings is 1. The van der Waals surface area contributed by atoms with E-state index in [1.54, 1.807) is 24.5 Å².